The molecule has 0 fully saturated rings. The lowest BCUT2D eigenvalue weighted by atomic mass is 10.2. The molecule has 0 atom stereocenters. The van der Waals surface area contributed by atoms with Gasteiger partial charge in [-0.05, 0) is 32.9 Å². The van der Waals surface area contributed by atoms with Crippen LogP contribution < -0.4 is 0 Å². The van der Waals surface area contributed by atoms with Crippen molar-refractivity contribution in [3.8, 4) is 0 Å². The number of aromatic nitrogens is 1. The van der Waals surface area contributed by atoms with E-state index >= 15 is 0 Å². The van der Waals surface area contributed by atoms with E-state index in [1.165, 1.54) is 11.3 Å². The Morgan fingerprint density at radius 3 is 2.80 bits per heavy atom. The standard InChI is InChI=1S/C11H13NO2S/c1-11(2,3)14-10(13)9-6-7-8(15-9)4-5-12-7/h4-6,12H,1-3H3. The van der Waals surface area contributed by atoms with E-state index in [4.69, 9.17) is 4.74 Å². The predicted octanol–water partition coefficient (Wildman–Crippen LogP) is 3.18. The average Bonchev–Trinajstić information content (AvgIpc) is 2.56. The van der Waals surface area contributed by atoms with Crippen LogP contribution >= 0.6 is 11.3 Å². The van der Waals surface area contributed by atoms with E-state index in [9.17, 15) is 4.79 Å². The minimum absolute atomic E-state index is 0.253. The fourth-order valence-corrected chi connectivity index (χ4v) is 2.18. The van der Waals surface area contributed by atoms with Crippen molar-refractivity contribution in [2.24, 2.45) is 0 Å². The molecule has 2 aromatic heterocycles. The second-order valence-electron chi connectivity index (χ2n) is 4.37. The van der Waals surface area contributed by atoms with Crippen molar-refractivity contribution >= 4 is 27.5 Å². The van der Waals surface area contributed by atoms with Crippen LogP contribution in [0.2, 0.25) is 0 Å². The van der Waals surface area contributed by atoms with Crippen LogP contribution in [0, 0.1) is 0 Å². The van der Waals surface area contributed by atoms with Gasteiger partial charge in [0.05, 0.1) is 10.2 Å². The molecule has 0 radical (unpaired) electrons. The number of carbonyl (C=O) groups excluding carboxylic acids is 1. The number of esters is 1. The third kappa shape index (κ3) is 2.21. The molecule has 0 aliphatic carbocycles. The van der Waals surface area contributed by atoms with Gasteiger partial charge in [-0.2, -0.15) is 0 Å². The minimum Gasteiger partial charge on any atom is -0.456 e. The summed E-state index contributed by atoms with van der Waals surface area (Å²) in [7, 11) is 0. The van der Waals surface area contributed by atoms with Crippen molar-refractivity contribution < 1.29 is 9.53 Å². The molecule has 0 aromatic carbocycles. The topological polar surface area (TPSA) is 42.1 Å². The molecular weight excluding hydrogens is 210 g/mol. The summed E-state index contributed by atoms with van der Waals surface area (Å²) in [5.74, 6) is -0.253. The zero-order valence-corrected chi connectivity index (χ0v) is 9.77. The Bertz CT molecular complexity index is 461. The quantitative estimate of drug-likeness (QED) is 0.754. The Hall–Kier alpha value is -1.29. The normalized spacial score (nSPS) is 11.9. The molecule has 0 saturated heterocycles. The maximum atomic E-state index is 11.7. The van der Waals surface area contributed by atoms with Crippen LogP contribution in [0.4, 0.5) is 0 Å². The first-order chi connectivity index (χ1) is 6.96. The van der Waals surface area contributed by atoms with E-state index < -0.39 is 5.60 Å². The van der Waals surface area contributed by atoms with Gasteiger partial charge in [0.2, 0.25) is 0 Å². The Morgan fingerprint density at radius 1 is 1.47 bits per heavy atom. The second kappa shape index (κ2) is 3.38. The Labute approximate surface area is 92.1 Å². The molecule has 80 valence electrons. The third-order valence-corrected chi connectivity index (χ3v) is 2.91. The lowest BCUT2D eigenvalue weighted by Crippen LogP contribution is -2.23. The first-order valence-electron chi connectivity index (χ1n) is 4.76. The summed E-state index contributed by atoms with van der Waals surface area (Å²) in [4.78, 5) is 15.4. The molecule has 0 bridgehead atoms. The van der Waals surface area contributed by atoms with Gasteiger partial charge in [0.1, 0.15) is 10.5 Å². The highest BCUT2D eigenvalue weighted by molar-refractivity contribution is 7.20. The first-order valence-corrected chi connectivity index (χ1v) is 5.58. The smallest absolute Gasteiger partial charge is 0.348 e. The van der Waals surface area contributed by atoms with E-state index in [0.29, 0.717) is 4.88 Å². The largest absolute Gasteiger partial charge is 0.456 e. The highest BCUT2D eigenvalue weighted by Gasteiger charge is 2.19. The van der Waals surface area contributed by atoms with Gasteiger partial charge in [0.25, 0.3) is 0 Å². The van der Waals surface area contributed by atoms with Crippen LogP contribution in [0.25, 0.3) is 10.2 Å². The van der Waals surface area contributed by atoms with E-state index in [-0.39, 0.29) is 5.97 Å². The molecule has 2 heterocycles. The molecule has 2 rings (SSSR count). The van der Waals surface area contributed by atoms with Crippen molar-refractivity contribution in [2.45, 2.75) is 26.4 Å². The lowest BCUT2D eigenvalue weighted by Gasteiger charge is -2.18. The molecule has 0 unspecified atom stereocenters. The highest BCUT2D eigenvalue weighted by Crippen LogP contribution is 2.26. The average molecular weight is 223 g/mol. The van der Waals surface area contributed by atoms with Gasteiger partial charge in [-0.25, -0.2) is 4.79 Å². The van der Waals surface area contributed by atoms with Crippen LogP contribution in [0.5, 0.6) is 0 Å². The van der Waals surface area contributed by atoms with E-state index in [1.54, 1.807) is 0 Å². The molecule has 0 aliphatic rings. The summed E-state index contributed by atoms with van der Waals surface area (Å²) in [6.45, 7) is 5.60. The van der Waals surface area contributed by atoms with Crippen LogP contribution in [0.15, 0.2) is 18.3 Å². The molecule has 0 amide bonds. The fourth-order valence-electron chi connectivity index (χ4n) is 1.28. The number of hydrogen-bond acceptors (Lipinski definition) is 3. The number of H-pyrrole nitrogens is 1. The first kappa shape index (κ1) is 10.2. The molecule has 2 aromatic rings. The Morgan fingerprint density at radius 2 is 2.20 bits per heavy atom. The molecular formula is C11H13NO2S. The maximum absolute atomic E-state index is 11.7. The summed E-state index contributed by atoms with van der Waals surface area (Å²) in [6.07, 6.45) is 1.86. The van der Waals surface area contributed by atoms with Crippen LogP contribution in [-0.4, -0.2) is 16.6 Å². The van der Waals surface area contributed by atoms with Crippen molar-refractivity contribution in [2.75, 3.05) is 0 Å². The van der Waals surface area contributed by atoms with Gasteiger partial charge in [0.15, 0.2) is 0 Å². The lowest BCUT2D eigenvalue weighted by molar-refractivity contribution is 0.00753. The van der Waals surface area contributed by atoms with Crippen molar-refractivity contribution in [3.05, 3.63) is 23.2 Å². The van der Waals surface area contributed by atoms with Gasteiger partial charge < -0.3 is 9.72 Å². The van der Waals surface area contributed by atoms with Gasteiger partial charge in [-0.1, -0.05) is 0 Å². The minimum atomic E-state index is -0.436. The third-order valence-electron chi connectivity index (χ3n) is 1.83. The Kier molecular flexibility index (Phi) is 2.31. The zero-order valence-electron chi connectivity index (χ0n) is 8.96. The van der Waals surface area contributed by atoms with Crippen molar-refractivity contribution in [1.82, 2.24) is 4.98 Å². The van der Waals surface area contributed by atoms with E-state index in [2.05, 4.69) is 4.98 Å². The maximum Gasteiger partial charge on any atom is 0.348 e. The summed E-state index contributed by atoms with van der Waals surface area (Å²) in [6, 6.07) is 3.78. The van der Waals surface area contributed by atoms with E-state index in [1.807, 2.05) is 39.1 Å². The number of thiophene rings is 1. The molecule has 4 heteroatoms. The number of aromatic amines is 1. The fraction of sp³-hybridized carbons (Fsp3) is 0.364. The van der Waals surface area contributed by atoms with Gasteiger partial charge in [-0.15, -0.1) is 11.3 Å². The number of ether oxygens (including phenoxy) is 1. The van der Waals surface area contributed by atoms with Gasteiger partial charge in [0, 0.05) is 6.20 Å². The Balaban J connectivity index is 2.24. The number of rotatable bonds is 1. The zero-order chi connectivity index (χ0) is 11.1. The summed E-state index contributed by atoms with van der Waals surface area (Å²) < 4.78 is 6.36. The van der Waals surface area contributed by atoms with Crippen LogP contribution in [0.1, 0.15) is 30.4 Å². The number of fused-ring (bicyclic) bond motifs is 1. The van der Waals surface area contributed by atoms with Gasteiger partial charge in [-0.3, -0.25) is 0 Å². The molecule has 0 spiro atoms. The van der Waals surface area contributed by atoms with Crippen molar-refractivity contribution in [3.63, 3.8) is 0 Å². The van der Waals surface area contributed by atoms with Crippen molar-refractivity contribution in [1.29, 1.82) is 0 Å². The van der Waals surface area contributed by atoms with Crippen LogP contribution in [-0.2, 0) is 4.74 Å². The number of carbonyl (C=O) groups is 1. The van der Waals surface area contributed by atoms with E-state index in [0.717, 1.165) is 10.2 Å². The molecule has 0 saturated carbocycles. The summed E-state index contributed by atoms with van der Waals surface area (Å²) >= 11 is 1.45. The molecule has 3 nitrogen and oxygen atoms in total. The summed E-state index contributed by atoms with van der Waals surface area (Å²) in [5.41, 5.74) is 0.551. The second-order valence-corrected chi connectivity index (χ2v) is 5.45. The highest BCUT2D eigenvalue weighted by atomic mass is 32.1. The van der Waals surface area contributed by atoms with Gasteiger partial charge >= 0.3 is 5.97 Å². The molecule has 0 aliphatic heterocycles. The molecule has 15 heavy (non-hydrogen) atoms. The van der Waals surface area contributed by atoms with Crippen LogP contribution in [0.3, 0.4) is 0 Å². The predicted molar refractivity (Wildman–Crippen MR) is 61.3 cm³/mol. The summed E-state index contributed by atoms with van der Waals surface area (Å²) in [5, 5.41) is 0. The monoisotopic (exact) mass is 223 g/mol. The molecule has 1 N–H and O–H groups in total. The SMILES string of the molecule is CC(C)(C)OC(=O)c1cc2[nH]ccc2s1. The number of nitrogens with one attached hydrogen (secondary N) is 1. The number of hydrogen-bond donors (Lipinski definition) is 1.